The largest absolute Gasteiger partial charge is 0.493 e. The van der Waals surface area contributed by atoms with Crippen molar-refractivity contribution < 1.29 is 24.2 Å². The van der Waals surface area contributed by atoms with E-state index in [0.29, 0.717) is 43.9 Å². The van der Waals surface area contributed by atoms with Crippen molar-refractivity contribution in [2.45, 2.75) is 25.7 Å². The van der Waals surface area contributed by atoms with E-state index in [4.69, 9.17) is 14.6 Å². The number of likely N-dealkylation sites (tertiary alicyclic amines) is 1. The van der Waals surface area contributed by atoms with Crippen molar-refractivity contribution in [1.82, 2.24) is 4.90 Å². The molecular weight excluding hydrogens is 298 g/mol. The second kappa shape index (κ2) is 7.85. The molecule has 1 saturated heterocycles. The van der Waals surface area contributed by atoms with E-state index in [-0.39, 0.29) is 5.91 Å². The number of rotatable bonds is 6. The van der Waals surface area contributed by atoms with Gasteiger partial charge in [-0.15, -0.1) is 0 Å². The molecule has 0 saturated carbocycles. The molecule has 0 aromatic heterocycles. The Labute approximate surface area is 136 Å². The fourth-order valence-electron chi connectivity index (χ4n) is 2.85. The number of hydrogen-bond acceptors (Lipinski definition) is 4. The molecule has 1 heterocycles. The molecule has 1 aromatic carbocycles. The van der Waals surface area contributed by atoms with Crippen LogP contribution in [0, 0.1) is 5.92 Å². The van der Waals surface area contributed by atoms with Crippen LogP contribution in [0.15, 0.2) is 18.2 Å². The summed E-state index contributed by atoms with van der Waals surface area (Å²) in [6, 6.07) is 5.59. The van der Waals surface area contributed by atoms with Gasteiger partial charge >= 0.3 is 5.97 Å². The van der Waals surface area contributed by atoms with Crippen molar-refractivity contribution in [1.29, 1.82) is 0 Å². The number of carboxylic acid groups (broad SMARTS) is 1. The summed E-state index contributed by atoms with van der Waals surface area (Å²) in [6.45, 7) is 0.967. The van der Waals surface area contributed by atoms with Crippen LogP contribution < -0.4 is 9.47 Å². The van der Waals surface area contributed by atoms with E-state index < -0.39 is 11.9 Å². The first-order valence-corrected chi connectivity index (χ1v) is 7.76. The average Bonchev–Trinajstić information content (AvgIpc) is 2.59. The highest BCUT2D eigenvalue weighted by Crippen LogP contribution is 2.28. The number of ether oxygens (including phenoxy) is 2. The van der Waals surface area contributed by atoms with Crippen molar-refractivity contribution in [3.05, 3.63) is 23.8 Å². The Bertz CT molecular complexity index is 572. The van der Waals surface area contributed by atoms with Crippen LogP contribution in [0.5, 0.6) is 11.5 Å². The minimum Gasteiger partial charge on any atom is -0.493 e. The zero-order valence-corrected chi connectivity index (χ0v) is 13.6. The highest BCUT2D eigenvalue weighted by Gasteiger charge is 2.27. The van der Waals surface area contributed by atoms with Gasteiger partial charge in [0.25, 0.3) is 0 Å². The predicted molar refractivity (Wildman–Crippen MR) is 84.8 cm³/mol. The van der Waals surface area contributed by atoms with Crippen molar-refractivity contribution in [2.24, 2.45) is 5.92 Å². The van der Waals surface area contributed by atoms with Crippen LogP contribution in [0.1, 0.15) is 24.8 Å². The Morgan fingerprint density at radius 3 is 2.65 bits per heavy atom. The summed E-state index contributed by atoms with van der Waals surface area (Å²) < 4.78 is 10.4. The molecule has 6 nitrogen and oxygen atoms in total. The minimum absolute atomic E-state index is 0.00531. The zero-order chi connectivity index (χ0) is 16.8. The lowest BCUT2D eigenvalue weighted by Crippen LogP contribution is -2.42. The number of aliphatic carboxylic acids is 1. The van der Waals surface area contributed by atoms with Gasteiger partial charge in [0, 0.05) is 19.5 Å². The zero-order valence-electron chi connectivity index (χ0n) is 13.6. The van der Waals surface area contributed by atoms with Gasteiger partial charge in [-0.3, -0.25) is 9.59 Å². The molecule has 1 fully saturated rings. The van der Waals surface area contributed by atoms with E-state index in [1.54, 1.807) is 19.1 Å². The molecule has 1 atom stereocenters. The number of carboxylic acids is 1. The van der Waals surface area contributed by atoms with Gasteiger partial charge < -0.3 is 19.5 Å². The maximum Gasteiger partial charge on any atom is 0.308 e. The number of carbonyl (C=O) groups is 2. The quantitative estimate of drug-likeness (QED) is 0.867. The van der Waals surface area contributed by atoms with Crippen LogP contribution in [-0.2, 0) is 16.0 Å². The van der Waals surface area contributed by atoms with Gasteiger partial charge in [0.15, 0.2) is 11.5 Å². The molecule has 1 aromatic rings. The van der Waals surface area contributed by atoms with E-state index in [9.17, 15) is 9.59 Å². The molecule has 1 aliphatic rings. The Morgan fingerprint density at radius 2 is 2.00 bits per heavy atom. The summed E-state index contributed by atoms with van der Waals surface area (Å²) in [7, 11) is 3.16. The lowest BCUT2D eigenvalue weighted by molar-refractivity contribution is -0.145. The molecular formula is C17H23NO5. The van der Waals surface area contributed by atoms with E-state index in [2.05, 4.69) is 0 Å². The summed E-state index contributed by atoms with van der Waals surface area (Å²) in [4.78, 5) is 25.0. The predicted octanol–water partition coefficient (Wildman–Crippen LogP) is 1.96. The summed E-state index contributed by atoms with van der Waals surface area (Å²) >= 11 is 0. The number of methoxy groups -OCH3 is 2. The van der Waals surface area contributed by atoms with E-state index in [1.807, 2.05) is 18.2 Å². The molecule has 2 rings (SSSR count). The van der Waals surface area contributed by atoms with Crippen LogP contribution in [0.3, 0.4) is 0 Å². The Hall–Kier alpha value is -2.24. The van der Waals surface area contributed by atoms with Crippen LogP contribution in [0.4, 0.5) is 0 Å². The van der Waals surface area contributed by atoms with Gasteiger partial charge in [-0.1, -0.05) is 6.07 Å². The lowest BCUT2D eigenvalue weighted by atomic mass is 9.97. The van der Waals surface area contributed by atoms with Gasteiger partial charge in [0.2, 0.25) is 5.91 Å². The van der Waals surface area contributed by atoms with E-state index >= 15 is 0 Å². The highest BCUT2D eigenvalue weighted by molar-refractivity contribution is 5.78. The molecule has 0 bridgehead atoms. The molecule has 0 spiro atoms. The lowest BCUT2D eigenvalue weighted by Gasteiger charge is -2.30. The monoisotopic (exact) mass is 321 g/mol. The van der Waals surface area contributed by atoms with Crippen molar-refractivity contribution in [2.75, 3.05) is 27.3 Å². The number of amides is 1. The van der Waals surface area contributed by atoms with Crippen LogP contribution in [-0.4, -0.2) is 49.2 Å². The first-order valence-electron chi connectivity index (χ1n) is 7.76. The fraction of sp³-hybridized carbons (Fsp3) is 0.529. The first kappa shape index (κ1) is 17.1. The first-order chi connectivity index (χ1) is 11.0. The molecule has 1 aliphatic heterocycles. The normalized spacial score (nSPS) is 17.7. The Kier molecular flexibility index (Phi) is 5.84. The molecule has 0 aliphatic carbocycles. The van der Waals surface area contributed by atoms with Crippen molar-refractivity contribution >= 4 is 11.9 Å². The van der Waals surface area contributed by atoms with Crippen molar-refractivity contribution in [3.8, 4) is 11.5 Å². The van der Waals surface area contributed by atoms with Crippen LogP contribution in [0.25, 0.3) is 0 Å². The standard InChI is InChI=1S/C17H23NO5/c1-22-14-7-5-12(10-15(14)23-2)6-8-16(19)18-9-3-4-13(11-18)17(20)21/h5,7,10,13H,3-4,6,8-9,11H2,1-2H3,(H,20,21)/t13-/m0/s1. The third-order valence-electron chi connectivity index (χ3n) is 4.20. The third kappa shape index (κ3) is 4.37. The Balaban J connectivity index is 1.92. The maximum absolute atomic E-state index is 12.3. The fourth-order valence-corrected chi connectivity index (χ4v) is 2.85. The van der Waals surface area contributed by atoms with Gasteiger partial charge in [-0.25, -0.2) is 0 Å². The summed E-state index contributed by atoms with van der Waals surface area (Å²) in [5, 5.41) is 9.09. The number of benzene rings is 1. The second-order valence-electron chi connectivity index (χ2n) is 5.71. The Morgan fingerprint density at radius 1 is 1.26 bits per heavy atom. The molecule has 0 unspecified atom stereocenters. The third-order valence-corrected chi connectivity index (χ3v) is 4.20. The van der Waals surface area contributed by atoms with E-state index in [0.717, 1.165) is 12.0 Å². The van der Waals surface area contributed by atoms with Crippen LogP contribution >= 0.6 is 0 Å². The average molecular weight is 321 g/mol. The minimum atomic E-state index is -0.817. The summed E-state index contributed by atoms with van der Waals surface area (Å²) in [6.07, 6.45) is 2.35. The number of piperidine rings is 1. The van der Waals surface area contributed by atoms with Gasteiger partial charge in [0.05, 0.1) is 20.1 Å². The van der Waals surface area contributed by atoms with Crippen molar-refractivity contribution in [3.63, 3.8) is 0 Å². The molecule has 126 valence electrons. The second-order valence-corrected chi connectivity index (χ2v) is 5.71. The molecule has 6 heteroatoms. The molecule has 1 amide bonds. The smallest absolute Gasteiger partial charge is 0.308 e. The summed E-state index contributed by atoms with van der Waals surface area (Å²) in [5.41, 5.74) is 0.989. The molecule has 1 N–H and O–H groups in total. The maximum atomic E-state index is 12.3. The SMILES string of the molecule is COc1ccc(CCC(=O)N2CCC[C@H](C(=O)O)C2)cc1OC. The molecule has 23 heavy (non-hydrogen) atoms. The highest BCUT2D eigenvalue weighted by atomic mass is 16.5. The van der Waals surface area contributed by atoms with Gasteiger partial charge in [-0.2, -0.15) is 0 Å². The topological polar surface area (TPSA) is 76.1 Å². The number of nitrogens with zero attached hydrogens (tertiary/aromatic N) is 1. The van der Waals surface area contributed by atoms with Crippen LogP contribution in [0.2, 0.25) is 0 Å². The van der Waals surface area contributed by atoms with E-state index in [1.165, 1.54) is 0 Å². The molecule has 0 radical (unpaired) electrons. The number of hydrogen-bond donors (Lipinski definition) is 1. The van der Waals surface area contributed by atoms with Gasteiger partial charge in [0.1, 0.15) is 0 Å². The number of carbonyl (C=O) groups excluding carboxylic acids is 1. The number of aryl methyl sites for hydroxylation is 1. The van der Waals surface area contributed by atoms with Gasteiger partial charge in [-0.05, 0) is 37.0 Å². The summed E-state index contributed by atoms with van der Waals surface area (Å²) in [5.74, 6) is 0.0474.